The lowest BCUT2D eigenvalue weighted by Crippen LogP contribution is -2.46. The molecule has 0 saturated heterocycles. The lowest BCUT2D eigenvalue weighted by atomic mass is 10.0. The van der Waals surface area contributed by atoms with Gasteiger partial charge in [0.15, 0.2) is 0 Å². The van der Waals surface area contributed by atoms with E-state index in [4.69, 9.17) is 4.74 Å². The number of carbonyl (C=O) groups excluding carboxylic acids is 2. The first-order valence-electron chi connectivity index (χ1n) is 26.3. The molecular formula is C59H97NO5. The Morgan fingerprint density at radius 2 is 0.923 bits per heavy atom. The fourth-order valence-electron chi connectivity index (χ4n) is 7.25. The van der Waals surface area contributed by atoms with Gasteiger partial charge in [-0.15, -0.1) is 0 Å². The average molecular weight is 900 g/mol. The minimum Gasteiger partial charge on any atom is -0.462 e. The fourth-order valence-corrected chi connectivity index (χ4v) is 7.25. The van der Waals surface area contributed by atoms with E-state index in [2.05, 4.69) is 99.0 Å². The summed E-state index contributed by atoms with van der Waals surface area (Å²) >= 11 is 0. The smallest absolute Gasteiger partial charge is 0.306 e. The van der Waals surface area contributed by atoms with Crippen LogP contribution in [0.1, 0.15) is 213 Å². The average Bonchev–Trinajstić information content (AvgIpc) is 3.30. The molecule has 3 N–H and O–H groups in total. The minimum atomic E-state index is -0.821. The third kappa shape index (κ3) is 46.6. The maximum absolute atomic E-state index is 13.2. The third-order valence-electron chi connectivity index (χ3n) is 11.2. The SMILES string of the molecule is CC/C=C\C/C=C\C/C=C\C/C=C\C/C=C\CCCCCC(=O)OC(CCC/C=C/C=C\C=C/C=C/C=C/CC)CC(=O)NC(CO)C(O)CCCCCCCCCCCCCCCC. The number of ether oxygens (including phenoxy) is 1. The molecule has 0 aliphatic rings. The quantitative estimate of drug-likeness (QED) is 0.0245. The molecule has 0 bridgehead atoms. The van der Waals surface area contributed by atoms with Gasteiger partial charge in [0.25, 0.3) is 0 Å². The number of rotatable bonds is 45. The minimum absolute atomic E-state index is 0.00721. The number of allylic oxidation sites excluding steroid dienone is 20. The summed E-state index contributed by atoms with van der Waals surface area (Å²) in [4.78, 5) is 26.2. The monoisotopic (exact) mass is 900 g/mol. The molecule has 368 valence electrons. The van der Waals surface area contributed by atoms with Crippen LogP contribution in [0.5, 0.6) is 0 Å². The van der Waals surface area contributed by atoms with Crippen molar-refractivity contribution in [3.63, 3.8) is 0 Å². The summed E-state index contributed by atoms with van der Waals surface area (Å²) in [5, 5.41) is 23.8. The number of carbonyl (C=O) groups is 2. The van der Waals surface area contributed by atoms with Crippen molar-refractivity contribution in [2.45, 2.75) is 232 Å². The molecule has 0 aliphatic heterocycles. The van der Waals surface area contributed by atoms with Crippen molar-refractivity contribution in [3.8, 4) is 0 Å². The first kappa shape index (κ1) is 61.3. The molecular weight excluding hydrogens is 803 g/mol. The van der Waals surface area contributed by atoms with Crippen molar-refractivity contribution in [2.24, 2.45) is 0 Å². The summed E-state index contributed by atoms with van der Waals surface area (Å²) in [5.74, 6) is -0.595. The van der Waals surface area contributed by atoms with Gasteiger partial charge in [0.1, 0.15) is 6.10 Å². The molecule has 6 heteroatoms. The van der Waals surface area contributed by atoms with Crippen LogP contribution in [0.25, 0.3) is 0 Å². The van der Waals surface area contributed by atoms with E-state index in [0.29, 0.717) is 19.3 Å². The van der Waals surface area contributed by atoms with Crippen molar-refractivity contribution in [3.05, 3.63) is 122 Å². The Morgan fingerprint density at radius 1 is 0.477 bits per heavy atom. The maximum atomic E-state index is 13.2. The highest BCUT2D eigenvalue weighted by Gasteiger charge is 2.24. The van der Waals surface area contributed by atoms with Crippen molar-refractivity contribution < 1.29 is 24.5 Å². The van der Waals surface area contributed by atoms with Crippen LogP contribution in [-0.2, 0) is 14.3 Å². The number of hydrogen-bond acceptors (Lipinski definition) is 5. The van der Waals surface area contributed by atoms with Gasteiger partial charge in [-0.05, 0) is 83.5 Å². The highest BCUT2D eigenvalue weighted by molar-refractivity contribution is 5.77. The molecule has 0 heterocycles. The van der Waals surface area contributed by atoms with Gasteiger partial charge in [-0.2, -0.15) is 0 Å². The Hall–Kier alpha value is -3.74. The van der Waals surface area contributed by atoms with E-state index in [9.17, 15) is 19.8 Å². The van der Waals surface area contributed by atoms with E-state index in [1.807, 2.05) is 48.6 Å². The van der Waals surface area contributed by atoms with Gasteiger partial charge < -0.3 is 20.3 Å². The Balaban J connectivity index is 4.73. The Morgan fingerprint density at radius 3 is 1.45 bits per heavy atom. The number of esters is 1. The van der Waals surface area contributed by atoms with E-state index in [1.54, 1.807) is 0 Å². The van der Waals surface area contributed by atoms with Crippen molar-refractivity contribution in [2.75, 3.05) is 6.61 Å². The van der Waals surface area contributed by atoms with Crippen LogP contribution in [-0.4, -0.2) is 46.9 Å². The number of unbranched alkanes of at least 4 members (excludes halogenated alkanes) is 17. The Labute approximate surface area is 400 Å². The first-order chi connectivity index (χ1) is 32.0. The van der Waals surface area contributed by atoms with E-state index in [1.165, 1.54) is 70.6 Å². The molecule has 0 spiro atoms. The van der Waals surface area contributed by atoms with Crippen LogP contribution >= 0.6 is 0 Å². The lowest BCUT2D eigenvalue weighted by Gasteiger charge is -2.24. The fraction of sp³-hybridized carbons (Fsp3) is 0.627. The third-order valence-corrected chi connectivity index (χ3v) is 11.2. The van der Waals surface area contributed by atoms with E-state index < -0.39 is 18.2 Å². The van der Waals surface area contributed by atoms with Crippen molar-refractivity contribution in [1.29, 1.82) is 0 Å². The molecule has 0 rings (SSSR count). The maximum Gasteiger partial charge on any atom is 0.306 e. The largest absolute Gasteiger partial charge is 0.462 e. The summed E-state index contributed by atoms with van der Waals surface area (Å²) in [7, 11) is 0. The van der Waals surface area contributed by atoms with E-state index in [-0.39, 0.29) is 24.9 Å². The predicted octanol–water partition coefficient (Wildman–Crippen LogP) is 16.1. The van der Waals surface area contributed by atoms with Gasteiger partial charge in [-0.25, -0.2) is 0 Å². The van der Waals surface area contributed by atoms with Crippen LogP contribution in [0.15, 0.2) is 122 Å². The lowest BCUT2D eigenvalue weighted by molar-refractivity contribution is -0.151. The zero-order chi connectivity index (χ0) is 47.4. The highest BCUT2D eigenvalue weighted by Crippen LogP contribution is 2.16. The molecule has 0 aromatic heterocycles. The Kier molecular flexibility index (Phi) is 48.3. The van der Waals surface area contributed by atoms with E-state index >= 15 is 0 Å². The topological polar surface area (TPSA) is 95.9 Å². The van der Waals surface area contributed by atoms with Gasteiger partial charge in [0.2, 0.25) is 5.91 Å². The summed E-state index contributed by atoms with van der Waals surface area (Å²) in [6.07, 6.45) is 71.2. The molecule has 3 atom stereocenters. The molecule has 0 aromatic carbocycles. The van der Waals surface area contributed by atoms with Crippen LogP contribution in [0.3, 0.4) is 0 Å². The predicted molar refractivity (Wildman–Crippen MR) is 282 cm³/mol. The molecule has 0 aromatic rings. The summed E-state index contributed by atoms with van der Waals surface area (Å²) in [6.45, 7) is 6.19. The second-order valence-corrected chi connectivity index (χ2v) is 17.3. The molecule has 0 saturated carbocycles. The summed E-state index contributed by atoms with van der Waals surface area (Å²) in [6, 6.07) is -0.740. The normalized spacial score (nSPS) is 14.2. The van der Waals surface area contributed by atoms with Gasteiger partial charge in [-0.3, -0.25) is 9.59 Å². The molecule has 0 radical (unpaired) electrons. The van der Waals surface area contributed by atoms with Crippen LogP contribution in [0, 0.1) is 0 Å². The van der Waals surface area contributed by atoms with Crippen molar-refractivity contribution in [1.82, 2.24) is 5.32 Å². The number of nitrogens with one attached hydrogen (secondary N) is 1. The molecule has 6 nitrogen and oxygen atoms in total. The van der Waals surface area contributed by atoms with Gasteiger partial charge >= 0.3 is 5.97 Å². The number of amides is 1. The second-order valence-electron chi connectivity index (χ2n) is 17.3. The molecule has 0 aliphatic carbocycles. The number of aliphatic hydroxyl groups excluding tert-OH is 2. The first-order valence-corrected chi connectivity index (χ1v) is 26.3. The van der Waals surface area contributed by atoms with Crippen LogP contribution in [0.4, 0.5) is 0 Å². The van der Waals surface area contributed by atoms with E-state index in [0.717, 1.165) is 96.3 Å². The molecule has 0 fully saturated rings. The standard InChI is InChI=1S/C59H97NO5/c1-4-7-10-13-16-19-22-25-27-28-29-30-31-34-37-40-43-46-49-52-59(64)65-55(50-47-44-41-38-35-32-24-21-18-15-12-9-6-3)53-58(63)60-56(54-61)57(62)51-48-45-42-39-36-33-26-23-20-17-14-11-8-5-2/h7,9-10,12,15-16,18-19,21,24-25,27,29-30,32,34-35,37-38,41,55-57,61-62H,4-6,8,11,13-14,17,20,22-23,26,28,31,33,36,39-40,42-54H2,1-3H3,(H,60,63)/b10-7-,12-9+,18-15+,19-16-,24-21-,27-25-,30-29-,35-32-,37-34-,41-38+. The van der Waals surface area contributed by atoms with Gasteiger partial charge in [0.05, 0.1) is 25.2 Å². The van der Waals surface area contributed by atoms with Crippen LogP contribution < -0.4 is 5.32 Å². The zero-order valence-electron chi connectivity index (χ0n) is 41.8. The number of aliphatic hydroxyl groups is 2. The summed E-state index contributed by atoms with van der Waals surface area (Å²) < 4.78 is 5.88. The molecule has 1 amide bonds. The molecule has 65 heavy (non-hydrogen) atoms. The van der Waals surface area contributed by atoms with Crippen molar-refractivity contribution >= 4 is 11.9 Å². The number of hydrogen-bond donors (Lipinski definition) is 3. The second kappa shape index (κ2) is 51.2. The van der Waals surface area contributed by atoms with Gasteiger partial charge in [0, 0.05) is 6.42 Å². The Bertz CT molecular complexity index is 1380. The molecule has 3 unspecified atom stereocenters. The summed E-state index contributed by atoms with van der Waals surface area (Å²) in [5.41, 5.74) is 0. The zero-order valence-corrected chi connectivity index (χ0v) is 41.8. The van der Waals surface area contributed by atoms with Crippen LogP contribution in [0.2, 0.25) is 0 Å². The highest BCUT2D eigenvalue weighted by atomic mass is 16.5. The van der Waals surface area contributed by atoms with Gasteiger partial charge in [-0.1, -0.05) is 239 Å².